The molecule has 2 aromatic rings. The third-order valence-electron chi connectivity index (χ3n) is 2.40. The van der Waals surface area contributed by atoms with Gasteiger partial charge >= 0.3 is 0 Å². The molecule has 0 aromatic heterocycles. The van der Waals surface area contributed by atoms with Crippen molar-refractivity contribution in [2.75, 3.05) is 0 Å². The van der Waals surface area contributed by atoms with Gasteiger partial charge in [0.2, 0.25) is 0 Å². The number of hydrogen-bond donors (Lipinski definition) is 0. The van der Waals surface area contributed by atoms with E-state index in [-0.39, 0.29) is 5.82 Å². The van der Waals surface area contributed by atoms with Crippen LogP contribution in [-0.2, 0) is 6.67 Å². The quantitative estimate of drug-likeness (QED) is 0.335. The van der Waals surface area contributed by atoms with Crippen LogP contribution in [0.1, 0.15) is 11.1 Å². The summed E-state index contributed by atoms with van der Waals surface area (Å²) in [7, 11) is 0. The molecule has 0 aliphatic rings. The summed E-state index contributed by atoms with van der Waals surface area (Å²) >= 11 is 12.8. The summed E-state index contributed by atoms with van der Waals surface area (Å²) in [6.45, 7) is 1.47. The Hall–Kier alpha value is 0.220. The second kappa shape index (κ2) is 8.61. The highest BCUT2D eigenvalue weighted by molar-refractivity contribution is 9.11. The van der Waals surface area contributed by atoms with E-state index >= 15 is 0 Å². The van der Waals surface area contributed by atoms with Crippen LogP contribution in [0, 0.1) is 12.7 Å². The molecule has 20 heavy (non-hydrogen) atoms. The molecule has 0 heterocycles. The molecular formula is C14H10Br4F2. The number of benzene rings is 2. The fourth-order valence-electron chi connectivity index (χ4n) is 1.28. The maximum Gasteiger partial charge on any atom is 0.138 e. The van der Waals surface area contributed by atoms with Crippen molar-refractivity contribution in [3.8, 4) is 0 Å². The summed E-state index contributed by atoms with van der Waals surface area (Å²) in [5, 5.41) is 0. The lowest BCUT2D eigenvalue weighted by Crippen LogP contribution is -1.81. The molecule has 2 aromatic carbocycles. The second-order valence-electron chi connectivity index (χ2n) is 3.85. The average Bonchev–Trinajstić information content (AvgIpc) is 2.38. The summed E-state index contributed by atoms with van der Waals surface area (Å²) in [4.78, 5) is 0. The second-order valence-corrected chi connectivity index (χ2v) is 7.27. The zero-order valence-electron chi connectivity index (χ0n) is 10.4. The van der Waals surface area contributed by atoms with E-state index in [0.717, 1.165) is 19.0 Å². The molecule has 0 radical (unpaired) electrons. The largest absolute Gasteiger partial charge is 0.246 e. The van der Waals surface area contributed by atoms with Gasteiger partial charge in [-0.15, -0.1) is 0 Å². The molecule has 0 amide bonds. The zero-order chi connectivity index (χ0) is 15.3. The van der Waals surface area contributed by atoms with Crippen molar-refractivity contribution in [1.82, 2.24) is 0 Å². The first-order valence-corrected chi connectivity index (χ1v) is 8.64. The highest BCUT2D eigenvalue weighted by Crippen LogP contribution is 2.25. The van der Waals surface area contributed by atoms with Gasteiger partial charge in [-0.3, -0.25) is 0 Å². The van der Waals surface area contributed by atoms with E-state index in [0.29, 0.717) is 10.0 Å². The van der Waals surface area contributed by atoms with Crippen molar-refractivity contribution in [3.05, 3.63) is 65.2 Å². The molecule has 0 aliphatic carbocycles. The highest BCUT2D eigenvalue weighted by atomic mass is 79.9. The SMILES string of the molecule is Cc1cc(Br)c(F)cc1Br.FCc1c(Br)cccc1Br. The Labute approximate surface area is 150 Å². The minimum absolute atomic E-state index is 0.238. The zero-order valence-corrected chi connectivity index (χ0v) is 16.7. The smallest absolute Gasteiger partial charge is 0.138 e. The molecule has 0 spiro atoms. The van der Waals surface area contributed by atoms with Gasteiger partial charge in [0.05, 0.1) is 4.47 Å². The topological polar surface area (TPSA) is 0 Å². The molecule has 0 aliphatic heterocycles. The molecule has 108 valence electrons. The lowest BCUT2D eigenvalue weighted by atomic mass is 10.2. The first-order chi connectivity index (χ1) is 9.36. The molecule has 0 unspecified atom stereocenters. The van der Waals surface area contributed by atoms with Gasteiger partial charge in [0, 0.05) is 19.0 Å². The van der Waals surface area contributed by atoms with Crippen molar-refractivity contribution in [1.29, 1.82) is 0 Å². The minimum atomic E-state index is -0.442. The van der Waals surface area contributed by atoms with E-state index in [1.54, 1.807) is 6.07 Å². The van der Waals surface area contributed by atoms with Gasteiger partial charge in [-0.2, -0.15) is 0 Å². The molecule has 0 N–H and O–H groups in total. The van der Waals surface area contributed by atoms with Crippen molar-refractivity contribution in [2.45, 2.75) is 13.6 Å². The van der Waals surface area contributed by atoms with Crippen LogP contribution in [0.25, 0.3) is 0 Å². The first kappa shape index (κ1) is 18.3. The van der Waals surface area contributed by atoms with E-state index in [1.165, 1.54) is 6.07 Å². The molecule has 0 bridgehead atoms. The number of alkyl halides is 1. The first-order valence-electron chi connectivity index (χ1n) is 5.46. The maximum absolute atomic E-state index is 12.7. The maximum atomic E-state index is 12.7. The predicted molar refractivity (Wildman–Crippen MR) is 93.2 cm³/mol. The van der Waals surface area contributed by atoms with Gasteiger partial charge in [0.1, 0.15) is 12.5 Å². The minimum Gasteiger partial charge on any atom is -0.246 e. The molecule has 0 nitrogen and oxygen atoms in total. The van der Waals surface area contributed by atoms with E-state index in [1.807, 2.05) is 25.1 Å². The van der Waals surface area contributed by atoms with Crippen LogP contribution in [0.15, 0.2) is 48.2 Å². The van der Waals surface area contributed by atoms with Crippen LogP contribution in [0.3, 0.4) is 0 Å². The van der Waals surface area contributed by atoms with Gasteiger partial charge in [-0.1, -0.05) is 53.9 Å². The number of aryl methyl sites for hydroxylation is 1. The van der Waals surface area contributed by atoms with Crippen LogP contribution >= 0.6 is 63.7 Å². The van der Waals surface area contributed by atoms with Crippen molar-refractivity contribution < 1.29 is 8.78 Å². The summed E-state index contributed by atoms with van der Waals surface area (Å²) in [5.74, 6) is -0.238. The number of rotatable bonds is 1. The predicted octanol–water partition coefficient (Wildman–Crippen LogP) is 7.34. The summed E-state index contributed by atoms with van der Waals surface area (Å²) in [5.41, 5.74) is 1.69. The number of hydrogen-bond acceptors (Lipinski definition) is 0. The monoisotopic (exact) mass is 532 g/mol. The van der Waals surface area contributed by atoms with Gasteiger partial charge in [0.15, 0.2) is 0 Å². The van der Waals surface area contributed by atoms with Crippen molar-refractivity contribution in [3.63, 3.8) is 0 Å². The highest BCUT2D eigenvalue weighted by Gasteiger charge is 2.02. The standard InChI is InChI=1S/2C7H5Br2F/c1-4-2-6(9)7(10)3-5(4)8;8-6-2-1-3-7(9)5(6)4-10/h2-3H,1H3;1-3H,4H2. The molecule has 0 fully saturated rings. The molecule has 0 saturated heterocycles. The molecule has 2 rings (SSSR count). The molecule has 0 saturated carbocycles. The summed E-state index contributed by atoms with van der Waals surface area (Å²) < 4.78 is 27.8. The molecule has 0 atom stereocenters. The van der Waals surface area contributed by atoms with E-state index in [9.17, 15) is 8.78 Å². The fourth-order valence-corrected chi connectivity index (χ4v) is 3.27. The molecule has 6 heteroatoms. The van der Waals surface area contributed by atoms with Gasteiger partial charge in [-0.25, -0.2) is 8.78 Å². The van der Waals surface area contributed by atoms with E-state index < -0.39 is 6.67 Å². The van der Waals surface area contributed by atoms with Crippen LogP contribution in [0.5, 0.6) is 0 Å². The lowest BCUT2D eigenvalue weighted by Gasteiger charge is -2.00. The Balaban J connectivity index is 0.000000200. The van der Waals surface area contributed by atoms with E-state index in [2.05, 4.69) is 63.7 Å². The third-order valence-corrected chi connectivity index (χ3v) is 5.34. The lowest BCUT2D eigenvalue weighted by molar-refractivity contribution is 0.482. The number of halogens is 6. The van der Waals surface area contributed by atoms with E-state index in [4.69, 9.17) is 0 Å². The Morgan fingerprint density at radius 2 is 1.45 bits per heavy atom. The van der Waals surface area contributed by atoms with Crippen molar-refractivity contribution in [2.24, 2.45) is 0 Å². The van der Waals surface area contributed by atoms with Gasteiger partial charge in [-0.05, 0) is 52.7 Å². The van der Waals surface area contributed by atoms with Gasteiger partial charge < -0.3 is 0 Å². The Morgan fingerprint density at radius 3 is 1.85 bits per heavy atom. The Morgan fingerprint density at radius 1 is 0.900 bits per heavy atom. The van der Waals surface area contributed by atoms with Crippen molar-refractivity contribution >= 4 is 63.7 Å². The van der Waals surface area contributed by atoms with Crippen LogP contribution in [-0.4, -0.2) is 0 Å². The summed E-state index contributed by atoms with van der Waals surface area (Å²) in [6.07, 6.45) is 0. The van der Waals surface area contributed by atoms with Crippen LogP contribution < -0.4 is 0 Å². The average molecular weight is 536 g/mol. The summed E-state index contributed by atoms with van der Waals surface area (Å²) in [6, 6.07) is 8.67. The Kier molecular flexibility index (Phi) is 7.87. The van der Waals surface area contributed by atoms with Crippen LogP contribution in [0.4, 0.5) is 8.78 Å². The van der Waals surface area contributed by atoms with Crippen LogP contribution in [0.2, 0.25) is 0 Å². The third kappa shape index (κ3) is 5.20. The normalized spacial score (nSPS) is 9.95. The fraction of sp³-hybridized carbons (Fsp3) is 0.143. The molecular weight excluding hydrogens is 526 g/mol. The van der Waals surface area contributed by atoms with Gasteiger partial charge in [0.25, 0.3) is 0 Å². The Bertz CT molecular complexity index is 529.